The minimum absolute atomic E-state index is 0.523. The molecule has 0 bridgehead atoms. The molecule has 3 aromatic heterocycles. The maximum atomic E-state index is 2.53. The fraction of sp³-hybridized carbons (Fsp3) is 0.0164. The Labute approximate surface area is 369 Å². The fourth-order valence-electron chi connectivity index (χ4n) is 11.6. The van der Waals surface area contributed by atoms with Gasteiger partial charge in [-0.05, 0) is 106 Å². The first-order valence-corrected chi connectivity index (χ1v) is 22.2. The van der Waals surface area contributed by atoms with E-state index in [4.69, 9.17) is 0 Å². The Morgan fingerprint density at radius 2 is 0.750 bits per heavy atom. The molecule has 0 atom stereocenters. The van der Waals surface area contributed by atoms with Gasteiger partial charge in [-0.1, -0.05) is 164 Å². The predicted octanol–water partition coefficient (Wildman–Crippen LogP) is 15.3. The first-order valence-electron chi connectivity index (χ1n) is 22.2. The Hall–Kier alpha value is -8.40. The van der Waals surface area contributed by atoms with Crippen LogP contribution in [-0.4, -0.2) is 13.7 Å². The molecular formula is C61H39N3. The topological polar surface area (TPSA) is 14.8 Å². The van der Waals surface area contributed by atoms with Gasteiger partial charge in [-0.25, -0.2) is 0 Å². The maximum Gasteiger partial charge on any atom is 0.0713 e. The highest BCUT2D eigenvalue weighted by molar-refractivity contribution is 6.17. The van der Waals surface area contributed by atoms with Crippen molar-refractivity contribution >= 4 is 65.4 Å². The van der Waals surface area contributed by atoms with Gasteiger partial charge in [-0.2, -0.15) is 0 Å². The highest BCUT2D eigenvalue weighted by atomic mass is 15.0. The van der Waals surface area contributed by atoms with Crippen LogP contribution in [0.3, 0.4) is 0 Å². The summed E-state index contributed by atoms with van der Waals surface area (Å²) in [7, 11) is 0. The molecule has 1 aliphatic carbocycles. The van der Waals surface area contributed by atoms with Crippen molar-refractivity contribution in [3.05, 3.63) is 259 Å². The largest absolute Gasteiger partial charge is 0.309 e. The van der Waals surface area contributed by atoms with Gasteiger partial charge in [0.2, 0.25) is 0 Å². The molecule has 0 unspecified atom stereocenters. The lowest BCUT2D eigenvalue weighted by atomic mass is 9.67. The van der Waals surface area contributed by atoms with Crippen molar-refractivity contribution in [1.29, 1.82) is 0 Å². The van der Waals surface area contributed by atoms with Crippen molar-refractivity contribution in [3.8, 4) is 28.2 Å². The Bertz CT molecular complexity index is 3920. The summed E-state index contributed by atoms with van der Waals surface area (Å²) in [5.74, 6) is 0. The van der Waals surface area contributed by atoms with Crippen LogP contribution in [0, 0.1) is 0 Å². The van der Waals surface area contributed by atoms with Crippen molar-refractivity contribution < 1.29 is 0 Å². The zero-order valence-electron chi connectivity index (χ0n) is 34.9. The highest BCUT2D eigenvalue weighted by Crippen LogP contribution is 2.56. The van der Waals surface area contributed by atoms with Gasteiger partial charge in [0.25, 0.3) is 0 Å². The second kappa shape index (κ2) is 13.3. The van der Waals surface area contributed by atoms with Gasteiger partial charge in [0.1, 0.15) is 0 Å². The van der Waals surface area contributed by atoms with Crippen LogP contribution >= 0.6 is 0 Å². The van der Waals surface area contributed by atoms with Crippen LogP contribution in [0.4, 0.5) is 0 Å². The third-order valence-electron chi connectivity index (χ3n) is 14.1. The minimum atomic E-state index is -0.523. The zero-order chi connectivity index (χ0) is 41.9. The van der Waals surface area contributed by atoms with Crippen LogP contribution < -0.4 is 0 Å². The molecule has 0 saturated heterocycles. The van der Waals surface area contributed by atoms with E-state index in [2.05, 4.69) is 250 Å². The summed E-state index contributed by atoms with van der Waals surface area (Å²) in [6.07, 6.45) is 0. The van der Waals surface area contributed by atoms with Crippen molar-refractivity contribution in [2.45, 2.75) is 5.41 Å². The molecule has 1 aliphatic rings. The van der Waals surface area contributed by atoms with Gasteiger partial charge in [-0.3, -0.25) is 0 Å². The van der Waals surface area contributed by atoms with E-state index in [1.54, 1.807) is 0 Å². The monoisotopic (exact) mass is 813 g/mol. The average Bonchev–Trinajstić information content (AvgIpc) is 4.08. The van der Waals surface area contributed by atoms with E-state index in [9.17, 15) is 0 Å². The Kier molecular flexibility index (Phi) is 7.32. The second-order valence-electron chi connectivity index (χ2n) is 17.2. The number of hydrogen-bond acceptors (Lipinski definition) is 0. The molecule has 0 aliphatic heterocycles. The van der Waals surface area contributed by atoms with Gasteiger partial charge >= 0.3 is 0 Å². The van der Waals surface area contributed by atoms with E-state index in [0.29, 0.717) is 0 Å². The van der Waals surface area contributed by atoms with Crippen molar-refractivity contribution in [2.75, 3.05) is 0 Å². The van der Waals surface area contributed by atoms with Gasteiger partial charge in [0.15, 0.2) is 0 Å². The molecule has 0 radical (unpaired) electrons. The summed E-state index contributed by atoms with van der Waals surface area (Å²) in [6.45, 7) is 0. The van der Waals surface area contributed by atoms with Gasteiger partial charge in [-0.15, -0.1) is 0 Å². The van der Waals surface area contributed by atoms with Gasteiger partial charge < -0.3 is 13.7 Å². The summed E-state index contributed by atoms with van der Waals surface area (Å²) < 4.78 is 7.39. The van der Waals surface area contributed by atoms with Gasteiger partial charge in [0, 0.05) is 43.7 Å². The van der Waals surface area contributed by atoms with Crippen molar-refractivity contribution in [2.24, 2.45) is 0 Å². The smallest absolute Gasteiger partial charge is 0.0713 e. The summed E-state index contributed by atoms with van der Waals surface area (Å²) in [5.41, 5.74) is 17.8. The molecule has 13 aromatic rings. The number of benzene rings is 10. The molecule has 0 fully saturated rings. The summed E-state index contributed by atoms with van der Waals surface area (Å²) in [6, 6.07) is 87.7. The van der Waals surface area contributed by atoms with Crippen LogP contribution in [0.1, 0.15) is 22.3 Å². The third kappa shape index (κ3) is 4.65. The predicted molar refractivity (Wildman–Crippen MR) is 267 cm³/mol. The molecular weight excluding hydrogens is 775 g/mol. The lowest BCUT2D eigenvalue weighted by molar-refractivity contribution is 0.770. The third-order valence-corrected chi connectivity index (χ3v) is 14.1. The highest BCUT2D eigenvalue weighted by Gasteiger charge is 2.46. The van der Waals surface area contributed by atoms with Crippen molar-refractivity contribution in [1.82, 2.24) is 13.7 Å². The van der Waals surface area contributed by atoms with Crippen LogP contribution in [0.2, 0.25) is 0 Å². The van der Waals surface area contributed by atoms with E-state index in [1.807, 2.05) is 0 Å². The number of nitrogens with zero attached hydrogens (tertiary/aromatic N) is 3. The maximum absolute atomic E-state index is 2.53. The summed E-state index contributed by atoms with van der Waals surface area (Å²) in [5, 5.41) is 7.41. The summed E-state index contributed by atoms with van der Waals surface area (Å²) in [4.78, 5) is 0. The molecule has 3 nitrogen and oxygen atoms in total. The number of fused-ring (bicyclic) bond motifs is 12. The minimum Gasteiger partial charge on any atom is -0.309 e. The van der Waals surface area contributed by atoms with E-state index in [1.165, 1.54) is 98.8 Å². The van der Waals surface area contributed by atoms with Crippen LogP contribution in [-0.2, 0) is 5.41 Å². The number of rotatable bonds is 5. The molecule has 10 aromatic carbocycles. The second-order valence-corrected chi connectivity index (χ2v) is 17.2. The van der Waals surface area contributed by atoms with Crippen LogP contribution in [0.15, 0.2) is 237 Å². The molecule has 0 N–H and O–H groups in total. The average molecular weight is 814 g/mol. The molecule has 0 amide bonds. The number of hydrogen-bond donors (Lipinski definition) is 0. The molecule has 3 heteroatoms. The zero-order valence-corrected chi connectivity index (χ0v) is 34.9. The molecule has 64 heavy (non-hydrogen) atoms. The Morgan fingerprint density at radius 1 is 0.266 bits per heavy atom. The fourth-order valence-corrected chi connectivity index (χ4v) is 11.6. The van der Waals surface area contributed by atoms with Crippen LogP contribution in [0.5, 0.6) is 0 Å². The van der Waals surface area contributed by atoms with Crippen LogP contribution in [0.25, 0.3) is 93.6 Å². The number of aromatic nitrogens is 3. The number of para-hydroxylation sites is 4. The molecule has 14 rings (SSSR count). The Morgan fingerprint density at radius 3 is 1.42 bits per heavy atom. The van der Waals surface area contributed by atoms with E-state index in [0.717, 1.165) is 17.1 Å². The molecule has 3 heterocycles. The molecule has 0 spiro atoms. The van der Waals surface area contributed by atoms with E-state index in [-0.39, 0.29) is 0 Å². The van der Waals surface area contributed by atoms with Crippen molar-refractivity contribution in [3.63, 3.8) is 0 Å². The lowest BCUT2D eigenvalue weighted by Crippen LogP contribution is -2.28. The van der Waals surface area contributed by atoms with Gasteiger partial charge in [0.05, 0.1) is 44.2 Å². The first kappa shape index (κ1) is 35.2. The van der Waals surface area contributed by atoms with E-state index < -0.39 is 5.41 Å². The normalized spacial score (nSPS) is 13.1. The molecule has 0 saturated carbocycles. The first-order chi connectivity index (χ1) is 31.8. The summed E-state index contributed by atoms with van der Waals surface area (Å²) >= 11 is 0. The lowest BCUT2D eigenvalue weighted by Gasteiger charge is -2.34. The Balaban J connectivity index is 1.12. The quantitative estimate of drug-likeness (QED) is 0.164. The van der Waals surface area contributed by atoms with E-state index >= 15 is 0 Å². The molecule has 298 valence electrons. The SMILES string of the molecule is c1ccc(-n2c3ccccc3c3c(-n4c5ccc(-n6c7ccccc7c7ccccc76)cc5c5cc(C6(c7ccccc7)c7ccccc7-c7ccccc76)ccc54)cccc32)cc1. The standard InChI is InChI=1S/C61H39N3/c1-3-18-40(19-4-1)61(51-27-12-7-22-44(51)45-23-8-13-28-52(45)61)41-34-36-56-49(38-41)50-39-43(63-53-29-14-9-24-46(53)47-25-10-15-30-54(47)63)35-37-57(50)64(56)59-33-17-32-58-60(59)48-26-11-16-31-55(48)62(58)42-20-5-2-6-21-42/h1-39H.